The van der Waals surface area contributed by atoms with Crippen molar-refractivity contribution in [1.29, 1.82) is 0 Å². The molecule has 0 amide bonds. The number of ketones is 1. The lowest BCUT2D eigenvalue weighted by molar-refractivity contribution is 0.104. The van der Waals surface area contributed by atoms with Gasteiger partial charge in [-0.3, -0.25) is 4.79 Å². The Balaban J connectivity index is 2.60. The zero-order valence-electron chi connectivity index (χ0n) is 22.0. The summed E-state index contributed by atoms with van der Waals surface area (Å²) in [7, 11) is 12.7. The van der Waals surface area contributed by atoms with Crippen LogP contribution in [0.5, 0.6) is 17.2 Å². The molecule has 1 aromatic heterocycles. The Morgan fingerprint density at radius 3 is 2.17 bits per heavy atom. The molecule has 0 aliphatic carbocycles. The summed E-state index contributed by atoms with van der Waals surface area (Å²) in [4.78, 5) is 35.7. The fourth-order valence-corrected chi connectivity index (χ4v) is 2.82. The van der Waals surface area contributed by atoms with E-state index in [-0.39, 0.29) is 17.6 Å². The molecular formula is C25H35N7O3. The molecule has 0 unspecified atom stereocenters. The molecule has 0 saturated heterocycles. The largest absolute Gasteiger partial charge is 0.496 e. The summed E-state index contributed by atoms with van der Waals surface area (Å²) < 4.78 is 11.8. The predicted molar refractivity (Wildman–Crippen MR) is 140 cm³/mol. The maximum Gasteiger partial charge on any atom is 0.253 e. The van der Waals surface area contributed by atoms with E-state index in [1.54, 1.807) is 46.8 Å². The minimum atomic E-state index is -0.203. The lowest BCUT2D eigenvalue weighted by Crippen LogP contribution is -2.08. The SMILES string of the molecule is COc1cc(C(C)C)c(Oc2cnc(/N=C\N(C)C)nc2/N=C/N(C)C)cc1C(=O)/C=C/N(C)C. The fraction of sp³-hybridized carbons (Fsp3) is 0.400. The maximum atomic E-state index is 12.9. The van der Waals surface area contributed by atoms with Crippen molar-refractivity contribution in [1.82, 2.24) is 24.7 Å². The standard InChI is InChI=1S/C25H35N7O3/c1-17(2)18-12-21(34-9)19(20(33)10-11-30(3)4)13-22(18)35-23-14-26-25(28-16-32(7)8)29-24(23)27-15-31(5)6/h10-17H,1-9H3/b11-10+,27-15+,28-16-. The number of ether oxygens (including phenoxy) is 2. The molecule has 35 heavy (non-hydrogen) atoms. The van der Waals surface area contributed by atoms with E-state index >= 15 is 0 Å². The van der Waals surface area contributed by atoms with Crippen LogP contribution in [0.25, 0.3) is 0 Å². The number of aliphatic imine (C=N–C) groups is 2. The number of carbonyl (C=O) groups is 1. The van der Waals surface area contributed by atoms with Crippen molar-refractivity contribution in [2.24, 2.45) is 9.98 Å². The summed E-state index contributed by atoms with van der Waals surface area (Å²) in [6, 6.07) is 3.52. The summed E-state index contributed by atoms with van der Waals surface area (Å²) >= 11 is 0. The second kappa shape index (κ2) is 12.5. The molecule has 0 aliphatic heterocycles. The Morgan fingerprint density at radius 1 is 0.943 bits per heavy atom. The summed E-state index contributed by atoms with van der Waals surface area (Å²) in [5.41, 5.74) is 1.25. The highest BCUT2D eigenvalue weighted by atomic mass is 16.5. The molecule has 0 N–H and O–H groups in total. The Labute approximate surface area is 207 Å². The first-order valence-corrected chi connectivity index (χ1v) is 11.1. The third-order valence-electron chi connectivity index (χ3n) is 4.50. The van der Waals surface area contributed by atoms with Crippen LogP contribution in [-0.4, -0.2) is 92.5 Å². The van der Waals surface area contributed by atoms with Gasteiger partial charge in [0.2, 0.25) is 5.82 Å². The van der Waals surface area contributed by atoms with Gasteiger partial charge in [0.05, 0.1) is 31.5 Å². The van der Waals surface area contributed by atoms with Crippen molar-refractivity contribution in [3.63, 3.8) is 0 Å². The van der Waals surface area contributed by atoms with Crippen molar-refractivity contribution in [3.8, 4) is 17.2 Å². The first-order valence-electron chi connectivity index (χ1n) is 11.1. The molecule has 0 fully saturated rings. The minimum absolute atomic E-state index is 0.0963. The van der Waals surface area contributed by atoms with Crippen LogP contribution < -0.4 is 9.47 Å². The molecule has 2 rings (SSSR count). The van der Waals surface area contributed by atoms with Gasteiger partial charge in [-0.2, -0.15) is 4.98 Å². The highest BCUT2D eigenvalue weighted by Crippen LogP contribution is 2.39. The van der Waals surface area contributed by atoms with E-state index in [1.807, 2.05) is 62.2 Å². The number of benzene rings is 1. The van der Waals surface area contributed by atoms with E-state index in [0.29, 0.717) is 28.6 Å². The van der Waals surface area contributed by atoms with E-state index < -0.39 is 0 Å². The van der Waals surface area contributed by atoms with E-state index in [0.717, 1.165) is 5.56 Å². The number of aromatic nitrogens is 2. The molecule has 188 valence electrons. The summed E-state index contributed by atoms with van der Waals surface area (Å²) in [5.74, 6) is 1.76. The van der Waals surface area contributed by atoms with Crippen LogP contribution in [0.15, 0.2) is 40.6 Å². The number of hydrogen-bond acceptors (Lipinski definition) is 8. The van der Waals surface area contributed by atoms with Gasteiger partial charge in [0.1, 0.15) is 11.5 Å². The summed E-state index contributed by atoms with van der Waals surface area (Å²) in [6.07, 6.45) is 7.93. The Bertz CT molecular complexity index is 1110. The highest BCUT2D eigenvalue weighted by molar-refractivity contribution is 6.07. The highest BCUT2D eigenvalue weighted by Gasteiger charge is 2.20. The van der Waals surface area contributed by atoms with Crippen LogP contribution >= 0.6 is 0 Å². The third-order valence-corrected chi connectivity index (χ3v) is 4.50. The lowest BCUT2D eigenvalue weighted by Gasteiger charge is -2.18. The molecule has 1 heterocycles. The van der Waals surface area contributed by atoms with E-state index in [4.69, 9.17) is 9.47 Å². The smallest absolute Gasteiger partial charge is 0.253 e. The quantitative estimate of drug-likeness (QED) is 0.205. The zero-order valence-corrected chi connectivity index (χ0v) is 22.0. The molecule has 0 aliphatic rings. The van der Waals surface area contributed by atoms with Gasteiger partial charge in [0.25, 0.3) is 5.95 Å². The van der Waals surface area contributed by atoms with Gasteiger partial charge in [-0.05, 0) is 18.1 Å². The van der Waals surface area contributed by atoms with Gasteiger partial charge >= 0.3 is 0 Å². The number of rotatable bonds is 11. The second-order valence-electron chi connectivity index (χ2n) is 8.76. The predicted octanol–water partition coefficient (Wildman–Crippen LogP) is 4.10. The molecule has 0 radical (unpaired) electrons. The van der Waals surface area contributed by atoms with E-state index in [1.165, 1.54) is 12.3 Å². The molecule has 1 aromatic carbocycles. The topological polar surface area (TPSA) is 95.7 Å². The lowest BCUT2D eigenvalue weighted by atomic mass is 9.97. The Kier molecular flexibility index (Phi) is 9.74. The number of nitrogens with zero attached hydrogens (tertiary/aromatic N) is 7. The summed E-state index contributed by atoms with van der Waals surface area (Å²) in [6.45, 7) is 4.07. The van der Waals surface area contributed by atoms with E-state index in [9.17, 15) is 4.79 Å². The molecule has 10 heteroatoms. The van der Waals surface area contributed by atoms with Crippen LogP contribution in [0.4, 0.5) is 11.8 Å². The van der Waals surface area contributed by atoms with Gasteiger partial charge < -0.3 is 24.2 Å². The number of hydrogen-bond donors (Lipinski definition) is 0. The average Bonchev–Trinajstić information content (AvgIpc) is 2.80. The molecule has 0 atom stereocenters. The minimum Gasteiger partial charge on any atom is -0.496 e. The van der Waals surface area contributed by atoms with Crippen LogP contribution in [0, 0.1) is 0 Å². The van der Waals surface area contributed by atoms with Crippen molar-refractivity contribution in [2.45, 2.75) is 19.8 Å². The van der Waals surface area contributed by atoms with Crippen molar-refractivity contribution >= 4 is 30.2 Å². The van der Waals surface area contributed by atoms with Gasteiger partial charge in [-0.25, -0.2) is 15.0 Å². The van der Waals surface area contributed by atoms with Gasteiger partial charge in [0, 0.05) is 60.1 Å². The molecular weight excluding hydrogens is 446 g/mol. The molecule has 10 nitrogen and oxygen atoms in total. The first-order chi connectivity index (χ1) is 16.5. The number of carbonyl (C=O) groups excluding carboxylic acids is 1. The van der Waals surface area contributed by atoms with Crippen molar-refractivity contribution < 1.29 is 14.3 Å². The fourth-order valence-electron chi connectivity index (χ4n) is 2.82. The maximum absolute atomic E-state index is 12.9. The molecule has 0 spiro atoms. The first kappa shape index (κ1) is 27.3. The Hall–Kier alpha value is -3.95. The summed E-state index contributed by atoms with van der Waals surface area (Å²) in [5, 5.41) is 0. The van der Waals surface area contributed by atoms with Crippen LogP contribution in [0.3, 0.4) is 0 Å². The average molecular weight is 482 g/mol. The molecule has 0 bridgehead atoms. The van der Waals surface area contributed by atoms with Gasteiger partial charge in [-0.1, -0.05) is 13.8 Å². The van der Waals surface area contributed by atoms with Gasteiger partial charge in [0.15, 0.2) is 11.5 Å². The van der Waals surface area contributed by atoms with E-state index in [2.05, 4.69) is 20.0 Å². The second-order valence-corrected chi connectivity index (χ2v) is 8.76. The molecule has 0 saturated carbocycles. The van der Waals surface area contributed by atoms with Crippen LogP contribution in [-0.2, 0) is 0 Å². The normalized spacial score (nSPS) is 11.6. The number of allylic oxidation sites excluding steroid dienone is 1. The third kappa shape index (κ3) is 8.09. The number of methoxy groups -OCH3 is 1. The van der Waals surface area contributed by atoms with Crippen LogP contribution in [0.1, 0.15) is 35.7 Å². The van der Waals surface area contributed by atoms with Gasteiger partial charge in [-0.15, -0.1) is 0 Å². The molecule has 2 aromatic rings. The monoisotopic (exact) mass is 481 g/mol. The van der Waals surface area contributed by atoms with Crippen molar-refractivity contribution in [2.75, 3.05) is 49.4 Å². The Morgan fingerprint density at radius 2 is 1.60 bits per heavy atom. The zero-order chi connectivity index (χ0) is 26.1. The van der Waals surface area contributed by atoms with Crippen LogP contribution in [0.2, 0.25) is 0 Å². The van der Waals surface area contributed by atoms with Crippen molar-refractivity contribution in [3.05, 3.63) is 41.7 Å².